The number of hydrogen-bond acceptors (Lipinski definition) is 4. The first-order valence-corrected chi connectivity index (χ1v) is 13.6. The molecule has 5 nitrogen and oxygen atoms in total. The number of hydrogen-bond donors (Lipinski definition) is 0. The van der Waals surface area contributed by atoms with Crippen molar-refractivity contribution < 1.29 is 18.7 Å². The van der Waals surface area contributed by atoms with Crippen molar-refractivity contribution in [3.63, 3.8) is 0 Å². The van der Waals surface area contributed by atoms with E-state index in [4.69, 9.17) is 4.74 Å². The van der Waals surface area contributed by atoms with Gasteiger partial charge >= 0.3 is 0 Å². The summed E-state index contributed by atoms with van der Waals surface area (Å²) >= 11 is 1.69. The Hall–Kier alpha value is -3.19. The Balaban J connectivity index is 1.55. The van der Waals surface area contributed by atoms with E-state index < -0.39 is 17.3 Å². The summed E-state index contributed by atoms with van der Waals surface area (Å²) in [7, 11) is 0. The highest BCUT2D eigenvalue weighted by molar-refractivity contribution is 7.10. The van der Waals surface area contributed by atoms with Crippen LogP contribution in [-0.2, 0) is 11.2 Å². The summed E-state index contributed by atoms with van der Waals surface area (Å²) < 4.78 is 20.6. The molecule has 7 heteroatoms. The van der Waals surface area contributed by atoms with Crippen molar-refractivity contribution in [2.24, 2.45) is 0 Å². The lowest BCUT2D eigenvalue weighted by molar-refractivity contribution is -0.136. The molecule has 0 saturated carbocycles. The Morgan fingerprint density at radius 3 is 2.46 bits per heavy atom. The van der Waals surface area contributed by atoms with Gasteiger partial charge in [0.25, 0.3) is 5.91 Å². The predicted molar refractivity (Wildman–Crippen MR) is 146 cm³/mol. The van der Waals surface area contributed by atoms with Gasteiger partial charge in [-0.1, -0.05) is 38.1 Å². The molecule has 4 rings (SSSR count). The number of fused-ring (bicyclic) bond motifs is 1. The van der Waals surface area contributed by atoms with Crippen molar-refractivity contribution in [3.05, 3.63) is 87.4 Å². The summed E-state index contributed by atoms with van der Waals surface area (Å²) in [5, 5.41) is 2.05. The highest BCUT2D eigenvalue weighted by Crippen LogP contribution is 2.34. The molecule has 0 radical (unpaired) electrons. The molecule has 0 fully saturated rings. The minimum Gasteiger partial charge on any atom is -0.491 e. The van der Waals surface area contributed by atoms with Crippen LogP contribution in [0.3, 0.4) is 0 Å². The standard InChI is InChI=1S/C30H35FN2O3S/c1-20(2)21-10-12-22(13-11-21)36-19-26-24-15-17-37-27(24)14-16-32(26)28(34)18-33(30(3,4)5)29(35)23-8-6-7-9-25(23)31/h6-13,15,17,20,26H,14,16,18-19H2,1-5H3/t26-/m0/s1. The Morgan fingerprint density at radius 2 is 1.81 bits per heavy atom. The number of ether oxygens (including phenoxy) is 1. The fourth-order valence-electron chi connectivity index (χ4n) is 4.62. The number of rotatable bonds is 7. The fraction of sp³-hybridized carbons (Fsp3) is 0.400. The Kier molecular flexibility index (Phi) is 8.02. The molecule has 1 atom stereocenters. The number of amides is 2. The molecule has 2 amide bonds. The molecule has 0 spiro atoms. The van der Waals surface area contributed by atoms with Gasteiger partial charge in [0.15, 0.2) is 0 Å². The van der Waals surface area contributed by atoms with Crippen LogP contribution in [0.5, 0.6) is 5.75 Å². The highest BCUT2D eigenvalue weighted by atomic mass is 32.1. The molecule has 0 N–H and O–H groups in total. The Labute approximate surface area is 222 Å². The van der Waals surface area contributed by atoms with Crippen LogP contribution in [0.25, 0.3) is 0 Å². The average Bonchev–Trinajstić information content (AvgIpc) is 3.34. The first kappa shape index (κ1) is 26.9. The largest absolute Gasteiger partial charge is 0.491 e. The van der Waals surface area contributed by atoms with Gasteiger partial charge in [0, 0.05) is 17.0 Å². The summed E-state index contributed by atoms with van der Waals surface area (Å²) in [5.74, 6) is -0.0767. The van der Waals surface area contributed by atoms with Crippen molar-refractivity contribution in [1.29, 1.82) is 0 Å². The molecule has 1 aromatic heterocycles. The molecule has 196 valence electrons. The second-order valence-electron chi connectivity index (χ2n) is 10.7. The van der Waals surface area contributed by atoms with Crippen LogP contribution in [0.2, 0.25) is 0 Å². The van der Waals surface area contributed by atoms with Gasteiger partial charge in [-0.25, -0.2) is 4.39 Å². The SMILES string of the molecule is CC(C)c1ccc(OC[C@H]2c3ccsc3CCN2C(=O)CN(C(=O)c2ccccc2F)C(C)(C)C)cc1. The summed E-state index contributed by atoms with van der Waals surface area (Å²) in [4.78, 5) is 31.6. The minimum absolute atomic E-state index is 0.0336. The van der Waals surface area contributed by atoms with E-state index in [-0.39, 0.29) is 24.1 Å². The van der Waals surface area contributed by atoms with Crippen LogP contribution < -0.4 is 4.74 Å². The first-order valence-electron chi connectivity index (χ1n) is 12.7. The maximum atomic E-state index is 14.4. The van der Waals surface area contributed by atoms with Crippen LogP contribution in [0.1, 0.15) is 72.9 Å². The summed E-state index contributed by atoms with van der Waals surface area (Å²) in [5.41, 5.74) is 1.62. The molecule has 0 unspecified atom stereocenters. The summed E-state index contributed by atoms with van der Waals surface area (Å²) in [6.45, 7) is 10.6. The van der Waals surface area contributed by atoms with E-state index in [1.807, 2.05) is 43.2 Å². The number of halogens is 1. The molecule has 37 heavy (non-hydrogen) atoms. The van der Waals surface area contributed by atoms with E-state index in [9.17, 15) is 14.0 Å². The van der Waals surface area contributed by atoms with Gasteiger partial charge < -0.3 is 14.5 Å². The monoisotopic (exact) mass is 522 g/mol. The quantitative estimate of drug-likeness (QED) is 0.358. The van der Waals surface area contributed by atoms with Crippen LogP contribution >= 0.6 is 11.3 Å². The maximum absolute atomic E-state index is 14.4. The second-order valence-corrected chi connectivity index (χ2v) is 11.7. The van der Waals surface area contributed by atoms with Gasteiger partial charge in [0.05, 0.1) is 11.6 Å². The average molecular weight is 523 g/mol. The number of carbonyl (C=O) groups is 2. The van der Waals surface area contributed by atoms with E-state index in [0.29, 0.717) is 19.1 Å². The molecule has 2 aromatic carbocycles. The smallest absolute Gasteiger partial charge is 0.257 e. The van der Waals surface area contributed by atoms with Gasteiger partial charge in [-0.2, -0.15) is 0 Å². The van der Waals surface area contributed by atoms with Gasteiger partial charge in [-0.3, -0.25) is 9.59 Å². The third-order valence-corrected chi connectivity index (χ3v) is 7.82. The van der Waals surface area contributed by atoms with Gasteiger partial charge in [0.2, 0.25) is 5.91 Å². The van der Waals surface area contributed by atoms with Crippen molar-refractivity contribution in [2.75, 3.05) is 19.7 Å². The van der Waals surface area contributed by atoms with Crippen LogP contribution in [0.4, 0.5) is 4.39 Å². The topological polar surface area (TPSA) is 49.9 Å². The molecular weight excluding hydrogens is 487 g/mol. The number of nitrogens with zero attached hydrogens (tertiary/aromatic N) is 2. The predicted octanol–water partition coefficient (Wildman–Crippen LogP) is 6.46. The third kappa shape index (κ3) is 6.04. The Bertz CT molecular complexity index is 1250. The molecule has 3 aromatic rings. The summed E-state index contributed by atoms with van der Waals surface area (Å²) in [6, 6.07) is 15.7. The Morgan fingerprint density at radius 1 is 1.11 bits per heavy atom. The van der Waals surface area contributed by atoms with E-state index in [1.54, 1.807) is 23.5 Å². The number of thiophene rings is 1. The summed E-state index contributed by atoms with van der Waals surface area (Å²) in [6.07, 6.45) is 0.759. The van der Waals surface area contributed by atoms with Crippen LogP contribution in [0, 0.1) is 5.82 Å². The number of benzene rings is 2. The zero-order chi connectivity index (χ0) is 26.7. The molecule has 2 heterocycles. The van der Waals surface area contributed by atoms with Gasteiger partial charge in [0.1, 0.15) is 24.7 Å². The van der Waals surface area contributed by atoms with Crippen molar-refractivity contribution in [1.82, 2.24) is 9.80 Å². The lowest BCUT2D eigenvalue weighted by Gasteiger charge is -2.40. The zero-order valence-electron chi connectivity index (χ0n) is 22.2. The van der Waals surface area contributed by atoms with Crippen molar-refractivity contribution >= 4 is 23.2 Å². The van der Waals surface area contributed by atoms with E-state index in [0.717, 1.165) is 17.7 Å². The second kappa shape index (κ2) is 11.1. The van der Waals surface area contributed by atoms with Gasteiger partial charge in [-0.05, 0) is 79.9 Å². The van der Waals surface area contributed by atoms with E-state index >= 15 is 0 Å². The zero-order valence-corrected chi connectivity index (χ0v) is 23.0. The lowest BCUT2D eigenvalue weighted by Crippen LogP contribution is -2.53. The van der Waals surface area contributed by atoms with Crippen molar-refractivity contribution in [2.45, 2.75) is 58.5 Å². The van der Waals surface area contributed by atoms with Crippen molar-refractivity contribution in [3.8, 4) is 5.75 Å². The molecule has 0 bridgehead atoms. The van der Waals surface area contributed by atoms with Crippen LogP contribution in [0.15, 0.2) is 60.0 Å². The molecule has 1 aliphatic heterocycles. The first-order chi connectivity index (χ1) is 17.6. The van der Waals surface area contributed by atoms with Gasteiger partial charge in [-0.15, -0.1) is 11.3 Å². The highest BCUT2D eigenvalue weighted by Gasteiger charge is 2.36. The normalized spacial score (nSPS) is 15.4. The molecular formula is C30H35FN2O3S. The lowest BCUT2D eigenvalue weighted by atomic mass is 9.99. The van der Waals surface area contributed by atoms with E-state index in [2.05, 4.69) is 32.0 Å². The third-order valence-electron chi connectivity index (χ3n) is 6.82. The fourth-order valence-corrected chi connectivity index (χ4v) is 5.55. The van der Waals surface area contributed by atoms with Crippen LogP contribution in [-0.4, -0.2) is 46.8 Å². The molecule has 1 aliphatic rings. The number of carbonyl (C=O) groups excluding carboxylic acids is 2. The van der Waals surface area contributed by atoms with E-state index in [1.165, 1.54) is 27.5 Å². The molecule has 0 aliphatic carbocycles. The maximum Gasteiger partial charge on any atom is 0.257 e. The molecule has 0 saturated heterocycles. The minimum atomic E-state index is -0.678.